The summed E-state index contributed by atoms with van der Waals surface area (Å²) in [5.41, 5.74) is 5.53. The van der Waals surface area contributed by atoms with Gasteiger partial charge in [0.2, 0.25) is 0 Å². The van der Waals surface area contributed by atoms with Crippen LogP contribution in [0.5, 0.6) is 0 Å². The van der Waals surface area contributed by atoms with Crippen LogP contribution in [0, 0.1) is 12.8 Å². The molecule has 1 aliphatic carbocycles. The predicted molar refractivity (Wildman–Crippen MR) is 101 cm³/mol. The summed E-state index contributed by atoms with van der Waals surface area (Å²) in [6, 6.07) is 13.4. The van der Waals surface area contributed by atoms with Crippen molar-refractivity contribution >= 4 is 11.9 Å². The standard InChI is InChI=1S/C14H18O2.C9H10O2/c1-9(2)12-6-4-11-7-10(8-14(15)16)3-5-13(11)12;1-7-2-4-8(5-3-7)6-9(10)11/h3,5,7,9,12H,4,6,8H2,1-2H3,(H,15,16);2-5H,6H2,1H3,(H,10,11)/p-2. The van der Waals surface area contributed by atoms with Gasteiger partial charge in [-0.2, -0.15) is 0 Å². The first-order chi connectivity index (χ1) is 12.8. The van der Waals surface area contributed by atoms with Crippen LogP contribution >= 0.6 is 0 Å². The van der Waals surface area contributed by atoms with E-state index in [9.17, 15) is 19.8 Å². The number of hydrogen-bond acceptors (Lipinski definition) is 4. The molecule has 0 radical (unpaired) electrons. The highest BCUT2D eigenvalue weighted by molar-refractivity contribution is 5.68. The molecular formula is C23H26O4-2. The Hall–Kier alpha value is -2.62. The van der Waals surface area contributed by atoms with Crippen molar-refractivity contribution in [3.8, 4) is 0 Å². The van der Waals surface area contributed by atoms with Gasteiger partial charge in [0.1, 0.15) is 0 Å². The number of carbonyl (C=O) groups excluding carboxylic acids is 2. The number of hydrogen-bond donors (Lipinski definition) is 0. The van der Waals surface area contributed by atoms with E-state index in [0.29, 0.717) is 11.8 Å². The quantitative estimate of drug-likeness (QED) is 0.810. The molecule has 3 rings (SSSR count). The number of aryl methyl sites for hydroxylation is 2. The SMILES string of the molecule is CC(C)C1CCc2cc(CC(=O)[O-])ccc21.Cc1ccc(CC(=O)[O-])cc1. The van der Waals surface area contributed by atoms with Crippen molar-refractivity contribution in [2.24, 2.45) is 5.92 Å². The van der Waals surface area contributed by atoms with E-state index in [4.69, 9.17) is 0 Å². The Bertz CT molecular complexity index is 791. The van der Waals surface area contributed by atoms with Gasteiger partial charge in [-0.15, -0.1) is 0 Å². The van der Waals surface area contributed by atoms with Crippen LogP contribution in [-0.4, -0.2) is 11.9 Å². The Labute approximate surface area is 160 Å². The van der Waals surface area contributed by atoms with Crippen molar-refractivity contribution in [1.82, 2.24) is 0 Å². The zero-order valence-corrected chi connectivity index (χ0v) is 16.2. The molecule has 1 aliphatic rings. The van der Waals surface area contributed by atoms with E-state index in [1.165, 1.54) is 17.5 Å². The minimum Gasteiger partial charge on any atom is -0.550 e. The molecule has 27 heavy (non-hydrogen) atoms. The van der Waals surface area contributed by atoms with E-state index in [2.05, 4.69) is 19.9 Å². The maximum Gasteiger partial charge on any atom is 0.0458 e. The summed E-state index contributed by atoms with van der Waals surface area (Å²) in [6.45, 7) is 6.45. The van der Waals surface area contributed by atoms with E-state index < -0.39 is 11.9 Å². The highest BCUT2D eigenvalue weighted by Crippen LogP contribution is 2.38. The molecule has 0 aromatic heterocycles. The Morgan fingerprint density at radius 3 is 2.07 bits per heavy atom. The van der Waals surface area contributed by atoms with Gasteiger partial charge in [-0.1, -0.05) is 61.9 Å². The molecule has 0 amide bonds. The third kappa shape index (κ3) is 6.24. The molecule has 4 nitrogen and oxygen atoms in total. The molecule has 0 heterocycles. The molecule has 144 valence electrons. The molecule has 1 unspecified atom stereocenters. The molecule has 0 aliphatic heterocycles. The first-order valence-electron chi connectivity index (χ1n) is 9.33. The van der Waals surface area contributed by atoms with E-state index in [1.54, 1.807) is 12.1 Å². The highest BCUT2D eigenvalue weighted by Gasteiger charge is 2.24. The molecule has 0 bridgehead atoms. The number of carboxylic acid groups (broad SMARTS) is 2. The smallest absolute Gasteiger partial charge is 0.0458 e. The lowest BCUT2D eigenvalue weighted by Gasteiger charge is -2.16. The molecule has 0 saturated heterocycles. The monoisotopic (exact) mass is 366 g/mol. The first-order valence-corrected chi connectivity index (χ1v) is 9.33. The van der Waals surface area contributed by atoms with Crippen molar-refractivity contribution < 1.29 is 19.8 Å². The van der Waals surface area contributed by atoms with Gasteiger partial charge in [0.25, 0.3) is 0 Å². The second-order valence-corrected chi connectivity index (χ2v) is 7.51. The lowest BCUT2D eigenvalue weighted by Crippen LogP contribution is -2.24. The van der Waals surface area contributed by atoms with Gasteiger partial charge in [-0.25, -0.2) is 0 Å². The lowest BCUT2D eigenvalue weighted by molar-refractivity contribution is -0.306. The molecule has 2 aromatic rings. The largest absolute Gasteiger partial charge is 0.550 e. The van der Waals surface area contributed by atoms with E-state index in [1.807, 2.05) is 31.2 Å². The maximum atomic E-state index is 10.5. The van der Waals surface area contributed by atoms with Crippen LogP contribution in [0.15, 0.2) is 42.5 Å². The topological polar surface area (TPSA) is 80.3 Å². The Balaban J connectivity index is 0.000000208. The second kappa shape index (κ2) is 9.36. The van der Waals surface area contributed by atoms with Crippen molar-refractivity contribution in [2.75, 3.05) is 0 Å². The predicted octanol–water partition coefficient (Wildman–Crippen LogP) is 1.95. The van der Waals surface area contributed by atoms with Crippen molar-refractivity contribution in [3.63, 3.8) is 0 Å². The summed E-state index contributed by atoms with van der Waals surface area (Å²) < 4.78 is 0. The van der Waals surface area contributed by atoms with Gasteiger partial charge in [-0.3, -0.25) is 0 Å². The Morgan fingerprint density at radius 2 is 1.52 bits per heavy atom. The number of carbonyl (C=O) groups is 2. The molecule has 0 N–H and O–H groups in total. The van der Waals surface area contributed by atoms with Gasteiger partial charge >= 0.3 is 0 Å². The van der Waals surface area contributed by atoms with E-state index in [-0.39, 0.29) is 12.8 Å². The Kier molecular flexibility index (Phi) is 7.17. The fourth-order valence-electron chi connectivity index (χ4n) is 3.55. The number of benzene rings is 2. The van der Waals surface area contributed by atoms with Crippen molar-refractivity contribution in [3.05, 3.63) is 70.3 Å². The lowest BCUT2D eigenvalue weighted by atomic mass is 9.89. The van der Waals surface area contributed by atoms with Crippen LogP contribution in [0.2, 0.25) is 0 Å². The molecule has 0 spiro atoms. The summed E-state index contributed by atoms with van der Waals surface area (Å²) >= 11 is 0. The van der Waals surface area contributed by atoms with Crippen LogP contribution in [0.3, 0.4) is 0 Å². The molecule has 4 heteroatoms. The van der Waals surface area contributed by atoms with Gasteiger partial charge in [0.15, 0.2) is 0 Å². The molecular weight excluding hydrogens is 340 g/mol. The third-order valence-electron chi connectivity index (χ3n) is 4.95. The third-order valence-corrected chi connectivity index (χ3v) is 4.95. The number of carboxylic acids is 2. The normalized spacial score (nSPS) is 15.0. The second-order valence-electron chi connectivity index (χ2n) is 7.51. The number of aliphatic carboxylic acids is 2. The highest BCUT2D eigenvalue weighted by atomic mass is 16.4. The van der Waals surface area contributed by atoms with Gasteiger partial charge < -0.3 is 19.8 Å². The first kappa shape index (κ1) is 20.7. The molecule has 2 aromatic carbocycles. The van der Waals surface area contributed by atoms with Gasteiger partial charge in [-0.05, 0) is 53.9 Å². The number of rotatable bonds is 5. The zero-order valence-electron chi connectivity index (χ0n) is 16.2. The Morgan fingerprint density at radius 1 is 0.963 bits per heavy atom. The van der Waals surface area contributed by atoms with Crippen LogP contribution in [-0.2, 0) is 28.9 Å². The number of fused-ring (bicyclic) bond motifs is 1. The van der Waals surface area contributed by atoms with Gasteiger partial charge in [0.05, 0.1) is 0 Å². The van der Waals surface area contributed by atoms with Crippen LogP contribution in [0.1, 0.15) is 54.0 Å². The summed E-state index contributed by atoms with van der Waals surface area (Å²) in [6.07, 6.45) is 2.31. The zero-order chi connectivity index (χ0) is 20.0. The van der Waals surface area contributed by atoms with E-state index >= 15 is 0 Å². The molecule has 1 atom stereocenters. The van der Waals surface area contributed by atoms with Gasteiger partial charge in [0, 0.05) is 24.8 Å². The summed E-state index contributed by atoms with van der Waals surface area (Å²) in [5.74, 6) is -0.729. The van der Waals surface area contributed by atoms with E-state index in [0.717, 1.165) is 23.1 Å². The summed E-state index contributed by atoms with van der Waals surface area (Å²) in [5, 5.41) is 20.7. The van der Waals surface area contributed by atoms with Crippen LogP contribution < -0.4 is 10.2 Å². The average Bonchev–Trinajstić information content (AvgIpc) is 3.00. The van der Waals surface area contributed by atoms with Crippen LogP contribution in [0.25, 0.3) is 0 Å². The van der Waals surface area contributed by atoms with Crippen molar-refractivity contribution in [2.45, 2.75) is 52.4 Å². The van der Waals surface area contributed by atoms with Crippen molar-refractivity contribution in [1.29, 1.82) is 0 Å². The minimum absolute atomic E-state index is 0.000278. The molecule has 0 saturated carbocycles. The summed E-state index contributed by atoms with van der Waals surface area (Å²) in [4.78, 5) is 20.7. The summed E-state index contributed by atoms with van der Waals surface area (Å²) in [7, 11) is 0. The maximum absolute atomic E-state index is 10.5. The average molecular weight is 366 g/mol. The fourth-order valence-corrected chi connectivity index (χ4v) is 3.55. The minimum atomic E-state index is -1.03. The molecule has 0 fully saturated rings. The van der Waals surface area contributed by atoms with Crippen LogP contribution in [0.4, 0.5) is 0 Å². The fraction of sp³-hybridized carbons (Fsp3) is 0.391.